The summed E-state index contributed by atoms with van der Waals surface area (Å²) in [7, 11) is 0. The van der Waals surface area contributed by atoms with Crippen molar-refractivity contribution in [1.29, 1.82) is 0 Å². The molecule has 4 nitrogen and oxygen atoms in total. The van der Waals surface area contributed by atoms with Crippen LogP contribution in [0.4, 0.5) is 0 Å². The SMILES string of the molecule is Cc1c(Cl)cnn1CCNCc1ccco1. The van der Waals surface area contributed by atoms with Gasteiger partial charge in [0.1, 0.15) is 5.76 Å². The molecule has 2 aromatic rings. The quantitative estimate of drug-likeness (QED) is 0.814. The molecule has 2 heterocycles. The van der Waals surface area contributed by atoms with Gasteiger partial charge < -0.3 is 9.73 Å². The molecule has 0 aliphatic rings. The van der Waals surface area contributed by atoms with Crippen LogP contribution in [0.15, 0.2) is 29.0 Å². The molecule has 0 aromatic carbocycles. The van der Waals surface area contributed by atoms with Gasteiger partial charge in [0.15, 0.2) is 0 Å². The van der Waals surface area contributed by atoms with Crippen molar-refractivity contribution >= 4 is 11.6 Å². The lowest BCUT2D eigenvalue weighted by atomic mass is 10.4. The Kier molecular flexibility index (Phi) is 3.64. The van der Waals surface area contributed by atoms with Crippen LogP contribution < -0.4 is 5.32 Å². The summed E-state index contributed by atoms with van der Waals surface area (Å²) in [5, 5.41) is 8.16. The molecule has 0 aliphatic carbocycles. The van der Waals surface area contributed by atoms with Crippen LogP contribution in [0.3, 0.4) is 0 Å². The topological polar surface area (TPSA) is 43.0 Å². The molecule has 0 amide bonds. The van der Waals surface area contributed by atoms with Gasteiger partial charge in [-0.3, -0.25) is 4.68 Å². The van der Waals surface area contributed by atoms with E-state index in [9.17, 15) is 0 Å². The van der Waals surface area contributed by atoms with Gasteiger partial charge in [0.25, 0.3) is 0 Å². The van der Waals surface area contributed by atoms with E-state index in [2.05, 4.69) is 10.4 Å². The zero-order chi connectivity index (χ0) is 11.4. The molecule has 0 fully saturated rings. The van der Waals surface area contributed by atoms with Crippen molar-refractivity contribution in [1.82, 2.24) is 15.1 Å². The predicted octanol–water partition coefficient (Wildman–Crippen LogP) is 2.23. The summed E-state index contributed by atoms with van der Waals surface area (Å²) in [4.78, 5) is 0. The summed E-state index contributed by atoms with van der Waals surface area (Å²) in [5.41, 5.74) is 1.00. The van der Waals surface area contributed by atoms with E-state index in [1.165, 1.54) is 0 Å². The lowest BCUT2D eigenvalue weighted by molar-refractivity contribution is 0.468. The second-order valence-electron chi connectivity index (χ2n) is 3.56. The fourth-order valence-electron chi connectivity index (χ4n) is 1.46. The molecule has 16 heavy (non-hydrogen) atoms. The standard InChI is InChI=1S/C11H14ClN3O/c1-9-11(12)8-14-15(9)5-4-13-7-10-3-2-6-16-10/h2-3,6,8,13H,4-5,7H2,1H3. The summed E-state index contributed by atoms with van der Waals surface area (Å²) in [6, 6.07) is 3.83. The highest BCUT2D eigenvalue weighted by molar-refractivity contribution is 6.31. The van der Waals surface area contributed by atoms with Gasteiger partial charge in [-0.05, 0) is 19.1 Å². The largest absolute Gasteiger partial charge is 0.468 e. The summed E-state index contributed by atoms with van der Waals surface area (Å²) in [6.07, 6.45) is 3.35. The van der Waals surface area contributed by atoms with Gasteiger partial charge in [0.2, 0.25) is 0 Å². The number of furan rings is 1. The zero-order valence-electron chi connectivity index (χ0n) is 9.11. The summed E-state index contributed by atoms with van der Waals surface area (Å²) in [6.45, 7) is 4.34. The predicted molar refractivity (Wildman–Crippen MR) is 62.4 cm³/mol. The molecule has 0 bridgehead atoms. The molecule has 0 unspecified atom stereocenters. The third-order valence-corrected chi connectivity index (χ3v) is 2.79. The number of hydrogen-bond donors (Lipinski definition) is 1. The zero-order valence-corrected chi connectivity index (χ0v) is 9.87. The molecule has 2 rings (SSSR count). The van der Waals surface area contributed by atoms with Crippen molar-refractivity contribution in [2.75, 3.05) is 6.54 Å². The van der Waals surface area contributed by atoms with Crippen LogP contribution in [-0.4, -0.2) is 16.3 Å². The highest BCUT2D eigenvalue weighted by Crippen LogP contribution is 2.12. The van der Waals surface area contributed by atoms with Crippen molar-refractivity contribution in [2.45, 2.75) is 20.0 Å². The molecular formula is C11H14ClN3O. The maximum absolute atomic E-state index is 5.90. The number of nitrogens with one attached hydrogen (secondary N) is 1. The third-order valence-electron chi connectivity index (χ3n) is 2.42. The lowest BCUT2D eigenvalue weighted by Crippen LogP contribution is -2.20. The van der Waals surface area contributed by atoms with E-state index in [1.54, 1.807) is 12.5 Å². The first-order valence-electron chi connectivity index (χ1n) is 5.18. The Morgan fingerprint density at radius 1 is 1.56 bits per heavy atom. The summed E-state index contributed by atoms with van der Waals surface area (Å²) < 4.78 is 7.09. The van der Waals surface area contributed by atoms with Gasteiger partial charge in [-0.25, -0.2) is 0 Å². The highest BCUT2D eigenvalue weighted by Gasteiger charge is 2.02. The Balaban J connectivity index is 1.74. The number of rotatable bonds is 5. The molecular weight excluding hydrogens is 226 g/mol. The number of halogens is 1. The number of nitrogens with zero attached hydrogens (tertiary/aromatic N) is 2. The molecule has 1 N–H and O–H groups in total. The maximum atomic E-state index is 5.90. The van der Waals surface area contributed by atoms with E-state index in [1.807, 2.05) is 23.7 Å². The molecule has 0 atom stereocenters. The maximum Gasteiger partial charge on any atom is 0.117 e. The molecule has 0 aliphatic heterocycles. The van der Waals surface area contributed by atoms with E-state index < -0.39 is 0 Å². The average molecular weight is 240 g/mol. The third kappa shape index (κ3) is 2.65. The van der Waals surface area contributed by atoms with Gasteiger partial charge in [0, 0.05) is 6.54 Å². The minimum Gasteiger partial charge on any atom is -0.468 e. The van der Waals surface area contributed by atoms with E-state index in [0.717, 1.165) is 31.1 Å². The first kappa shape index (κ1) is 11.2. The minimum atomic E-state index is 0.714. The van der Waals surface area contributed by atoms with Gasteiger partial charge in [-0.15, -0.1) is 0 Å². The van der Waals surface area contributed by atoms with Crippen molar-refractivity contribution in [3.8, 4) is 0 Å². The van der Waals surface area contributed by atoms with Crippen LogP contribution in [0.2, 0.25) is 5.02 Å². The average Bonchev–Trinajstić information content (AvgIpc) is 2.88. The summed E-state index contributed by atoms with van der Waals surface area (Å²) >= 11 is 5.90. The van der Waals surface area contributed by atoms with Crippen molar-refractivity contribution in [2.24, 2.45) is 0 Å². The summed E-state index contributed by atoms with van der Waals surface area (Å²) in [5.74, 6) is 0.940. The van der Waals surface area contributed by atoms with Crippen molar-refractivity contribution < 1.29 is 4.42 Å². The van der Waals surface area contributed by atoms with E-state index >= 15 is 0 Å². The van der Waals surface area contributed by atoms with Crippen LogP contribution in [0, 0.1) is 6.92 Å². The molecule has 0 radical (unpaired) electrons. The normalized spacial score (nSPS) is 10.9. The van der Waals surface area contributed by atoms with Crippen LogP contribution >= 0.6 is 11.6 Å². The second-order valence-corrected chi connectivity index (χ2v) is 3.96. The smallest absolute Gasteiger partial charge is 0.117 e. The number of hydrogen-bond acceptors (Lipinski definition) is 3. The molecule has 86 valence electrons. The van der Waals surface area contributed by atoms with E-state index in [-0.39, 0.29) is 0 Å². The Hall–Kier alpha value is -1.26. The molecule has 0 saturated carbocycles. The fourth-order valence-corrected chi connectivity index (χ4v) is 1.60. The minimum absolute atomic E-state index is 0.714. The number of aromatic nitrogens is 2. The lowest BCUT2D eigenvalue weighted by Gasteiger charge is -2.05. The first-order valence-corrected chi connectivity index (χ1v) is 5.56. The second kappa shape index (κ2) is 5.18. The molecule has 2 aromatic heterocycles. The van der Waals surface area contributed by atoms with Crippen molar-refractivity contribution in [3.63, 3.8) is 0 Å². The Morgan fingerprint density at radius 3 is 3.06 bits per heavy atom. The Morgan fingerprint density at radius 2 is 2.44 bits per heavy atom. The first-order chi connectivity index (χ1) is 7.77. The molecule has 5 heteroatoms. The van der Waals surface area contributed by atoms with E-state index in [4.69, 9.17) is 16.0 Å². The van der Waals surface area contributed by atoms with Gasteiger partial charge >= 0.3 is 0 Å². The van der Waals surface area contributed by atoms with Crippen molar-refractivity contribution in [3.05, 3.63) is 41.1 Å². The van der Waals surface area contributed by atoms with Crippen LogP contribution in [-0.2, 0) is 13.1 Å². The highest BCUT2D eigenvalue weighted by atomic mass is 35.5. The molecule has 0 saturated heterocycles. The van der Waals surface area contributed by atoms with E-state index in [0.29, 0.717) is 5.02 Å². The molecule has 0 spiro atoms. The van der Waals surface area contributed by atoms with Gasteiger partial charge in [-0.1, -0.05) is 11.6 Å². The van der Waals surface area contributed by atoms with Crippen LogP contribution in [0.1, 0.15) is 11.5 Å². The van der Waals surface area contributed by atoms with Gasteiger partial charge in [-0.2, -0.15) is 5.10 Å². The van der Waals surface area contributed by atoms with Gasteiger partial charge in [0.05, 0.1) is 36.3 Å². The van der Waals surface area contributed by atoms with Crippen LogP contribution in [0.25, 0.3) is 0 Å². The Labute approximate surface area is 99.2 Å². The monoisotopic (exact) mass is 239 g/mol. The Bertz CT molecular complexity index is 436. The fraction of sp³-hybridized carbons (Fsp3) is 0.364. The van der Waals surface area contributed by atoms with Crippen LogP contribution in [0.5, 0.6) is 0 Å².